The molecule has 31 heavy (non-hydrogen) atoms. The number of hydrogen-bond acceptors (Lipinski definition) is 4. The molecule has 6 nitrogen and oxygen atoms in total. The maximum atomic E-state index is 13.2. The van der Waals surface area contributed by atoms with Gasteiger partial charge in [-0.25, -0.2) is 8.42 Å². The number of piperazine rings is 1. The van der Waals surface area contributed by atoms with Crippen molar-refractivity contribution in [3.05, 3.63) is 29.3 Å². The van der Waals surface area contributed by atoms with Gasteiger partial charge in [0.2, 0.25) is 15.9 Å². The van der Waals surface area contributed by atoms with E-state index >= 15 is 0 Å². The summed E-state index contributed by atoms with van der Waals surface area (Å²) in [6.07, 6.45) is 7.83. The second-order valence-corrected chi connectivity index (χ2v) is 11.7. The highest BCUT2D eigenvalue weighted by molar-refractivity contribution is 7.89. The molecule has 0 aromatic heterocycles. The van der Waals surface area contributed by atoms with Gasteiger partial charge >= 0.3 is 0 Å². The van der Waals surface area contributed by atoms with E-state index in [1.54, 1.807) is 10.4 Å². The lowest BCUT2D eigenvalue weighted by molar-refractivity contribution is -0.124. The van der Waals surface area contributed by atoms with E-state index in [1.807, 2.05) is 12.1 Å². The summed E-state index contributed by atoms with van der Waals surface area (Å²) in [7, 11) is -3.48. The molecule has 172 valence electrons. The molecule has 1 saturated heterocycles. The zero-order valence-electron chi connectivity index (χ0n) is 19.0. The van der Waals surface area contributed by atoms with E-state index in [4.69, 9.17) is 0 Å². The maximum Gasteiger partial charge on any atom is 0.243 e. The molecule has 0 bridgehead atoms. The molecule has 1 aromatic rings. The Morgan fingerprint density at radius 2 is 1.71 bits per heavy atom. The summed E-state index contributed by atoms with van der Waals surface area (Å²) < 4.78 is 27.9. The average molecular weight is 448 g/mol. The fraction of sp³-hybridized carbons (Fsp3) is 0.708. The Kier molecular flexibility index (Phi) is 7.04. The fourth-order valence-corrected chi connectivity index (χ4v) is 6.86. The molecule has 0 spiro atoms. The van der Waals surface area contributed by atoms with Crippen LogP contribution in [0.15, 0.2) is 23.1 Å². The van der Waals surface area contributed by atoms with Crippen molar-refractivity contribution in [3.63, 3.8) is 0 Å². The molecule has 3 atom stereocenters. The van der Waals surface area contributed by atoms with Crippen LogP contribution in [0.4, 0.5) is 0 Å². The first-order valence-corrected chi connectivity index (χ1v) is 13.4. The number of nitrogens with one attached hydrogen (secondary N) is 1. The molecule has 2 fully saturated rings. The standard InChI is InChI=1S/C24H37N3O3S/c1-18-6-5-9-23(19(18)2)25-24(28)17-26-12-14-27(15-13-26)31(29,30)22-11-10-20-7-3-4-8-21(20)16-22/h10-11,16,18-19,23H,3-9,12-15,17H2,1-2H3,(H,25,28)/t18-,19+,23-/m1/s1. The van der Waals surface area contributed by atoms with Crippen LogP contribution in [0.1, 0.15) is 57.1 Å². The number of aryl methyl sites for hydroxylation is 2. The molecule has 0 radical (unpaired) electrons. The van der Waals surface area contributed by atoms with E-state index in [9.17, 15) is 13.2 Å². The van der Waals surface area contributed by atoms with Crippen LogP contribution in [0.3, 0.4) is 0 Å². The van der Waals surface area contributed by atoms with Crippen LogP contribution in [0.2, 0.25) is 0 Å². The van der Waals surface area contributed by atoms with Crippen molar-refractivity contribution in [1.29, 1.82) is 0 Å². The Morgan fingerprint density at radius 3 is 2.45 bits per heavy atom. The lowest BCUT2D eigenvalue weighted by atomic mass is 9.78. The van der Waals surface area contributed by atoms with Crippen molar-refractivity contribution in [2.45, 2.75) is 69.7 Å². The van der Waals surface area contributed by atoms with Gasteiger partial charge in [-0.1, -0.05) is 32.8 Å². The summed E-state index contributed by atoms with van der Waals surface area (Å²) in [6, 6.07) is 5.92. The smallest absolute Gasteiger partial charge is 0.243 e. The minimum atomic E-state index is -3.48. The Balaban J connectivity index is 1.30. The summed E-state index contributed by atoms with van der Waals surface area (Å²) >= 11 is 0. The van der Waals surface area contributed by atoms with E-state index in [2.05, 4.69) is 24.1 Å². The van der Waals surface area contributed by atoms with Gasteiger partial charge < -0.3 is 5.32 Å². The molecular formula is C24H37N3O3S. The molecule has 1 heterocycles. The largest absolute Gasteiger partial charge is 0.352 e. The van der Waals surface area contributed by atoms with E-state index in [0.29, 0.717) is 49.5 Å². The van der Waals surface area contributed by atoms with Crippen LogP contribution in [0.5, 0.6) is 0 Å². The molecule has 1 aromatic carbocycles. The zero-order valence-corrected chi connectivity index (χ0v) is 19.8. The number of sulfonamides is 1. The van der Waals surface area contributed by atoms with Crippen LogP contribution in [0, 0.1) is 11.8 Å². The van der Waals surface area contributed by atoms with Gasteiger partial charge in [-0.05, 0) is 67.2 Å². The normalized spacial score (nSPS) is 28.1. The van der Waals surface area contributed by atoms with Gasteiger partial charge in [0.05, 0.1) is 11.4 Å². The first-order chi connectivity index (χ1) is 14.8. The highest BCUT2D eigenvalue weighted by Crippen LogP contribution is 2.29. The molecule has 1 amide bonds. The van der Waals surface area contributed by atoms with E-state index in [0.717, 1.165) is 25.7 Å². The Morgan fingerprint density at radius 1 is 1.00 bits per heavy atom. The molecule has 7 heteroatoms. The lowest BCUT2D eigenvalue weighted by Crippen LogP contribution is -2.52. The molecule has 1 N–H and O–H groups in total. The van der Waals surface area contributed by atoms with Gasteiger partial charge in [-0.2, -0.15) is 4.31 Å². The van der Waals surface area contributed by atoms with Crippen LogP contribution >= 0.6 is 0 Å². The fourth-order valence-electron chi connectivity index (χ4n) is 5.39. The minimum absolute atomic E-state index is 0.0666. The van der Waals surface area contributed by atoms with Gasteiger partial charge in [-0.3, -0.25) is 9.69 Å². The number of nitrogens with zero attached hydrogens (tertiary/aromatic N) is 2. The molecular weight excluding hydrogens is 410 g/mol. The van der Waals surface area contributed by atoms with Crippen LogP contribution < -0.4 is 5.32 Å². The summed E-state index contributed by atoms with van der Waals surface area (Å²) in [4.78, 5) is 15.1. The van der Waals surface area contributed by atoms with Crippen molar-refractivity contribution in [1.82, 2.24) is 14.5 Å². The lowest BCUT2D eigenvalue weighted by Gasteiger charge is -2.36. The molecule has 1 aliphatic heterocycles. The number of rotatable bonds is 5. The van der Waals surface area contributed by atoms with Gasteiger partial charge in [0.1, 0.15) is 0 Å². The topological polar surface area (TPSA) is 69.7 Å². The van der Waals surface area contributed by atoms with Crippen molar-refractivity contribution in [2.24, 2.45) is 11.8 Å². The Labute approximate surface area is 187 Å². The highest BCUT2D eigenvalue weighted by atomic mass is 32.2. The number of benzene rings is 1. The second-order valence-electron chi connectivity index (χ2n) is 9.76. The third-order valence-corrected chi connectivity index (χ3v) is 9.60. The molecule has 0 unspecified atom stereocenters. The number of carbonyl (C=O) groups is 1. The van der Waals surface area contributed by atoms with Gasteiger partial charge in [0.15, 0.2) is 0 Å². The second kappa shape index (κ2) is 9.59. The Bertz CT molecular complexity index is 893. The summed E-state index contributed by atoms with van der Waals surface area (Å²) in [5.41, 5.74) is 2.48. The van der Waals surface area contributed by atoms with Gasteiger partial charge in [0.25, 0.3) is 0 Å². The highest BCUT2D eigenvalue weighted by Gasteiger charge is 2.31. The number of fused-ring (bicyclic) bond motifs is 1. The Hall–Kier alpha value is -1.44. The van der Waals surface area contributed by atoms with E-state index < -0.39 is 10.0 Å². The van der Waals surface area contributed by atoms with Gasteiger partial charge in [0, 0.05) is 32.2 Å². The van der Waals surface area contributed by atoms with Crippen LogP contribution in [-0.2, 0) is 27.7 Å². The predicted octanol–water partition coefficient (Wildman–Crippen LogP) is 2.81. The SMILES string of the molecule is C[C@H]1[C@H](C)CCC[C@H]1NC(=O)CN1CCN(S(=O)(=O)c2ccc3c(c2)CCCC3)CC1. The average Bonchev–Trinajstić information content (AvgIpc) is 2.77. The third-order valence-electron chi connectivity index (χ3n) is 7.71. The first-order valence-electron chi connectivity index (χ1n) is 12.0. The first kappa shape index (κ1) is 22.7. The summed E-state index contributed by atoms with van der Waals surface area (Å²) in [6.45, 7) is 6.91. The van der Waals surface area contributed by atoms with Crippen molar-refractivity contribution in [2.75, 3.05) is 32.7 Å². The quantitative estimate of drug-likeness (QED) is 0.754. The minimum Gasteiger partial charge on any atom is -0.352 e. The van der Waals surface area contributed by atoms with Crippen molar-refractivity contribution >= 4 is 15.9 Å². The maximum absolute atomic E-state index is 13.2. The van der Waals surface area contributed by atoms with E-state index in [1.165, 1.54) is 30.4 Å². The molecule has 4 rings (SSSR count). The molecule has 3 aliphatic rings. The van der Waals surface area contributed by atoms with Crippen molar-refractivity contribution in [3.8, 4) is 0 Å². The zero-order chi connectivity index (χ0) is 22.0. The summed E-state index contributed by atoms with van der Waals surface area (Å²) in [5, 5.41) is 3.23. The number of carbonyl (C=O) groups excluding carboxylic acids is 1. The van der Waals surface area contributed by atoms with Crippen LogP contribution in [0.25, 0.3) is 0 Å². The van der Waals surface area contributed by atoms with E-state index in [-0.39, 0.29) is 11.9 Å². The monoisotopic (exact) mass is 447 g/mol. The number of amides is 1. The molecule has 1 saturated carbocycles. The predicted molar refractivity (Wildman–Crippen MR) is 122 cm³/mol. The van der Waals surface area contributed by atoms with Crippen LogP contribution in [-0.4, -0.2) is 62.3 Å². The van der Waals surface area contributed by atoms with Gasteiger partial charge in [-0.15, -0.1) is 0 Å². The third kappa shape index (κ3) is 5.15. The van der Waals surface area contributed by atoms with Crippen molar-refractivity contribution < 1.29 is 13.2 Å². The number of hydrogen-bond donors (Lipinski definition) is 1. The summed E-state index contributed by atoms with van der Waals surface area (Å²) in [5.74, 6) is 1.23. The molecule has 2 aliphatic carbocycles.